The van der Waals surface area contributed by atoms with Gasteiger partial charge < -0.3 is 20.0 Å². The van der Waals surface area contributed by atoms with E-state index < -0.39 is 42.3 Å². The summed E-state index contributed by atoms with van der Waals surface area (Å²) >= 11 is 0. The lowest BCUT2D eigenvalue weighted by molar-refractivity contribution is -0.272. The van der Waals surface area contributed by atoms with E-state index in [2.05, 4.69) is 15.3 Å². The van der Waals surface area contributed by atoms with Crippen molar-refractivity contribution in [3.8, 4) is 0 Å². The molecule has 3 rings (SSSR count). The van der Waals surface area contributed by atoms with Gasteiger partial charge in [0, 0.05) is 49.0 Å². The van der Waals surface area contributed by atoms with Crippen molar-refractivity contribution in [3.05, 3.63) is 53.7 Å². The predicted molar refractivity (Wildman–Crippen MR) is 98.2 cm³/mol. The van der Waals surface area contributed by atoms with E-state index in [4.69, 9.17) is 0 Å². The van der Waals surface area contributed by atoms with Crippen molar-refractivity contribution in [2.75, 3.05) is 6.54 Å². The third-order valence-electron chi connectivity index (χ3n) is 4.76. The number of amides is 1. The Morgan fingerprint density at radius 2 is 1.97 bits per heavy atom. The van der Waals surface area contributed by atoms with Crippen LogP contribution in [0.3, 0.4) is 0 Å². The van der Waals surface area contributed by atoms with Crippen molar-refractivity contribution in [2.24, 2.45) is 7.05 Å². The summed E-state index contributed by atoms with van der Waals surface area (Å²) in [5.74, 6) is -2.52. The van der Waals surface area contributed by atoms with Gasteiger partial charge >= 0.3 is 6.18 Å². The molecule has 0 spiro atoms. The van der Waals surface area contributed by atoms with Gasteiger partial charge in [-0.1, -0.05) is 18.2 Å². The van der Waals surface area contributed by atoms with E-state index in [-0.39, 0.29) is 5.56 Å². The number of rotatable bonds is 6. The molecule has 0 fully saturated rings. The summed E-state index contributed by atoms with van der Waals surface area (Å²) in [6, 6.07) is 6.89. The largest absolute Gasteiger partial charge is 0.424 e. The van der Waals surface area contributed by atoms with Crippen molar-refractivity contribution < 1.29 is 27.9 Å². The van der Waals surface area contributed by atoms with Crippen LogP contribution < -0.4 is 5.32 Å². The third kappa shape index (κ3) is 3.63. The molecule has 10 heteroatoms. The van der Waals surface area contributed by atoms with Crippen LogP contribution in [0, 0.1) is 6.92 Å². The number of carbonyl (C=O) groups excluding carboxylic acids is 2. The molecule has 1 unspecified atom stereocenters. The summed E-state index contributed by atoms with van der Waals surface area (Å²) in [6.07, 6.45) is -3.51. The maximum atomic E-state index is 13.5. The highest BCUT2D eigenvalue weighted by molar-refractivity contribution is 6.45. The van der Waals surface area contributed by atoms with E-state index in [1.165, 1.54) is 13.2 Å². The number of ketones is 1. The lowest BCUT2D eigenvalue weighted by Crippen LogP contribution is -2.47. The Bertz CT molecular complexity index is 1070. The highest BCUT2D eigenvalue weighted by atomic mass is 19.4. The van der Waals surface area contributed by atoms with E-state index in [1.807, 2.05) is 0 Å². The summed E-state index contributed by atoms with van der Waals surface area (Å²) in [5.41, 5.74) is -1.96. The number of aromatic amines is 1. The number of benzene rings is 1. The molecule has 7 nitrogen and oxygen atoms in total. The SMILES string of the molecule is Cc1[nH]c2ccccc2c1C(=O)C(=O)NCCC(O)(c1nccn1C)C(F)(F)F. The highest BCUT2D eigenvalue weighted by Gasteiger charge is 2.57. The molecular formula is C19H19F3N4O3. The minimum atomic E-state index is -5.02. The maximum absolute atomic E-state index is 13.5. The van der Waals surface area contributed by atoms with Gasteiger partial charge in [-0.05, 0) is 13.0 Å². The van der Waals surface area contributed by atoms with Gasteiger partial charge in [0.2, 0.25) is 5.60 Å². The number of aliphatic hydroxyl groups is 1. The number of aryl methyl sites for hydroxylation is 2. The average molecular weight is 408 g/mol. The molecule has 0 aliphatic rings. The molecule has 0 saturated heterocycles. The minimum absolute atomic E-state index is 0.160. The monoisotopic (exact) mass is 408 g/mol. The lowest BCUT2D eigenvalue weighted by Gasteiger charge is -2.29. The fourth-order valence-electron chi connectivity index (χ4n) is 3.26. The van der Waals surface area contributed by atoms with E-state index in [9.17, 15) is 27.9 Å². The summed E-state index contributed by atoms with van der Waals surface area (Å²) in [4.78, 5) is 31.4. The van der Waals surface area contributed by atoms with Crippen molar-refractivity contribution in [2.45, 2.75) is 25.1 Å². The molecule has 0 aliphatic carbocycles. The Morgan fingerprint density at radius 3 is 2.59 bits per heavy atom. The molecule has 0 saturated carbocycles. The van der Waals surface area contributed by atoms with Crippen molar-refractivity contribution >= 4 is 22.6 Å². The Labute approximate surface area is 163 Å². The van der Waals surface area contributed by atoms with Gasteiger partial charge in [-0.15, -0.1) is 0 Å². The molecule has 1 aromatic carbocycles. The van der Waals surface area contributed by atoms with Crippen molar-refractivity contribution in [1.82, 2.24) is 19.9 Å². The van der Waals surface area contributed by atoms with Crippen LogP contribution in [0.5, 0.6) is 0 Å². The number of imidazole rings is 1. The van der Waals surface area contributed by atoms with Gasteiger partial charge in [0.15, 0.2) is 0 Å². The Kier molecular flexibility index (Phi) is 5.22. The normalized spacial score (nSPS) is 14.0. The quantitative estimate of drug-likeness (QED) is 0.431. The second kappa shape index (κ2) is 7.36. The number of hydrogen-bond acceptors (Lipinski definition) is 4. The number of alkyl halides is 3. The van der Waals surface area contributed by atoms with Gasteiger partial charge in [0.1, 0.15) is 5.82 Å². The van der Waals surface area contributed by atoms with Gasteiger partial charge in [0.25, 0.3) is 11.7 Å². The molecule has 1 amide bonds. The van der Waals surface area contributed by atoms with E-state index in [0.717, 1.165) is 10.8 Å². The number of fused-ring (bicyclic) bond motifs is 1. The summed E-state index contributed by atoms with van der Waals surface area (Å²) in [7, 11) is 1.32. The topological polar surface area (TPSA) is 100 Å². The van der Waals surface area contributed by atoms with Crippen molar-refractivity contribution in [1.29, 1.82) is 0 Å². The summed E-state index contributed by atoms with van der Waals surface area (Å²) in [6.45, 7) is 1.05. The molecule has 2 heterocycles. The van der Waals surface area contributed by atoms with Crippen LogP contribution in [0.1, 0.15) is 28.3 Å². The fraction of sp³-hybridized carbons (Fsp3) is 0.316. The Balaban J connectivity index is 1.75. The van der Waals surface area contributed by atoms with Crippen LogP contribution in [0.4, 0.5) is 13.2 Å². The molecule has 2 aromatic heterocycles. The number of nitrogens with one attached hydrogen (secondary N) is 2. The minimum Gasteiger partial charge on any atom is -0.374 e. The van der Waals surface area contributed by atoms with Gasteiger partial charge in [-0.3, -0.25) is 9.59 Å². The van der Waals surface area contributed by atoms with E-state index in [0.29, 0.717) is 16.6 Å². The highest BCUT2D eigenvalue weighted by Crippen LogP contribution is 2.40. The van der Waals surface area contributed by atoms with Gasteiger partial charge in [0.05, 0.1) is 5.56 Å². The van der Waals surface area contributed by atoms with Crippen LogP contribution in [-0.4, -0.2) is 44.1 Å². The zero-order valence-electron chi connectivity index (χ0n) is 15.7. The average Bonchev–Trinajstić information content (AvgIpc) is 3.22. The van der Waals surface area contributed by atoms with Crippen LogP contribution in [0.2, 0.25) is 0 Å². The van der Waals surface area contributed by atoms with E-state index in [1.54, 1.807) is 31.2 Å². The Hall–Kier alpha value is -3.14. The first-order valence-electron chi connectivity index (χ1n) is 8.73. The second-order valence-electron chi connectivity index (χ2n) is 6.73. The molecule has 0 radical (unpaired) electrons. The maximum Gasteiger partial charge on any atom is 0.424 e. The summed E-state index contributed by atoms with van der Waals surface area (Å²) < 4.78 is 41.5. The first-order chi connectivity index (χ1) is 13.6. The van der Waals surface area contributed by atoms with E-state index >= 15 is 0 Å². The summed E-state index contributed by atoms with van der Waals surface area (Å²) in [5, 5.41) is 13.0. The zero-order valence-corrected chi connectivity index (χ0v) is 15.7. The smallest absolute Gasteiger partial charge is 0.374 e. The number of Topliss-reactive ketones (excluding diaryl/α,β-unsaturated/α-hetero) is 1. The predicted octanol–water partition coefficient (Wildman–Crippen LogP) is 2.35. The fourth-order valence-corrected chi connectivity index (χ4v) is 3.26. The molecule has 3 N–H and O–H groups in total. The van der Waals surface area contributed by atoms with Gasteiger partial charge in [-0.25, -0.2) is 4.98 Å². The third-order valence-corrected chi connectivity index (χ3v) is 4.76. The molecule has 29 heavy (non-hydrogen) atoms. The molecule has 154 valence electrons. The van der Waals surface area contributed by atoms with Crippen LogP contribution in [0.15, 0.2) is 36.7 Å². The number of hydrogen-bond donors (Lipinski definition) is 3. The molecule has 0 aliphatic heterocycles. The lowest BCUT2D eigenvalue weighted by atomic mass is 9.97. The first kappa shape index (κ1) is 20.6. The second-order valence-corrected chi connectivity index (χ2v) is 6.73. The number of carbonyl (C=O) groups is 2. The number of H-pyrrole nitrogens is 1. The number of halogens is 3. The first-order valence-corrected chi connectivity index (χ1v) is 8.73. The molecule has 3 aromatic rings. The Morgan fingerprint density at radius 1 is 1.28 bits per heavy atom. The molecule has 1 atom stereocenters. The van der Waals surface area contributed by atoms with Crippen LogP contribution >= 0.6 is 0 Å². The number of aromatic nitrogens is 3. The molecule has 0 bridgehead atoms. The standard InChI is InChI=1S/C19H19F3N4O3/c1-11-14(12-5-3-4-6-13(12)25-11)15(27)16(28)23-8-7-18(29,19(20,21)22)17-24-9-10-26(17)2/h3-6,9-10,25,29H,7-8H2,1-2H3,(H,23,28). The van der Waals surface area contributed by atoms with Gasteiger partial charge in [-0.2, -0.15) is 13.2 Å². The molecular weight excluding hydrogens is 389 g/mol. The number of nitrogens with zero attached hydrogens (tertiary/aromatic N) is 2. The zero-order chi connectivity index (χ0) is 21.4. The van der Waals surface area contributed by atoms with Crippen LogP contribution in [-0.2, 0) is 17.4 Å². The van der Waals surface area contributed by atoms with Crippen molar-refractivity contribution in [3.63, 3.8) is 0 Å². The van der Waals surface area contributed by atoms with Crippen LogP contribution in [0.25, 0.3) is 10.9 Å². The number of para-hydroxylation sites is 1.